The van der Waals surface area contributed by atoms with Crippen LogP contribution in [0.15, 0.2) is 40.6 Å². The molecule has 0 spiro atoms. The SMILES string of the molecule is Cc1ccsc1C(C)Nc1ccccc1S(C)(=O)=O. The summed E-state index contributed by atoms with van der Waals surface area (Å²) >= 11 is 1.68. The highest BCUT2D eigenvalue weighted by Gasteiger charge is 2.16. The minimum Gasteiger partial charge on any atom is -0.377 e. The predicted molar refractivity (Wildman–Crippen MR) is 80.6 cm³/mol. The van der Waals surface area contributed by atoms with Crippen LogP contribution in [0.25, 0.3) is 0 Å². The highest BCUT2D eigenvalue weighted by atomic mass is 32.2. The van der Waals surface area contributed by atoms with Gasteiger partial charge in [-0.25, -0.2) is 8.42 Å². The fourth-order valence-corrected chi connectivity index (χ4v) is 3.82. The molecule has 1 heterocycles. The van der Waals surface area contributed by atoms with Gasteiger partial charge in [0.15, 0.2) is 9.84 Å². The second kappa shape index (κ2) is 5.35. The maximum atomic E-state index is 11.8. The third kappa shape index (κ3) is 3.16. The molecule has 1 aromatic heterocycles. The average molecular weight is 295 g/mol. The lowest BCUT2D eigenvalue weighted by molar-refractivity contribution is 0.602. The Bertz CT molecular complexity index is 674. The van der Waals surface area contributed by atoms with Gasteiger partial charge in [-0.3, -0.25) is 0 Å². The second-order valence-corrected chi connectivity index (χ2v) is 7.53. The minimum atomic E-state index is -3.22. The van der Waals surface area contributed by atoms with E-state index in [9.17, 15) is 8.42 Å². The van der Waals surface area contributed by atoms with Gasteiger partial charge in [0, 0.05) is 11.1 Å². The molecule has 0 radical (unpaired) electrons. The standard InChI is InChI=1S/C14H17NO2S2/c1-10-8-9-18-14(10)11(2)15-12-6-4-5-7-13(12)19(3,16)17/h4-9,11,15H,1-3H3. The summed E-state index contributed by atoms with van der Waals surface area (Å²) in [5, 5.41) is 5.34. The van der Waals surface area contributed by atoms with Crippen molar-refractivity contribution >= 4 is 26.9 Å². The van der Waals surface area contributed by atoms with Crippen LogP contribution in [0.3, 0.4) is 0 Å². The van der Waals surface area contributed by atoms with Crippen LogP contribution in [0.5, 0.6) is 0 Å². The number of aryl methyl sites for hydroxylation is 1. The number of anilines is 1. The number of rotatable bonds is 4. The Morgan fingerprint density at radius 3 is 2.47 bits per heavy atom. The summed E-state index contributed by atoms with van der Waals surface area (Å²) in [6.07, 6.45) is 1.23. The molecule has 0 bridgehead atoms. The molecule has 0 saturated carbocycles. The molecule has 2 rings (SSSR count). The zero-order valence-electron chi connectivity index (χ0n) is 11.2. The number of hydrogen-bond donors (Lipinski definition) is 1. The van der Waals surface area contributed by atoms with Crippen LogP contribution >= 0.6 is 11.3 Å². The van der Waals surface area contributed by atoms with Crippen molar-refractivity contribution in [3.8, 4) is 0 Å². The smallest absolute Gasteiger partial charge is 0.177 e. The molecule has 5 heteroatoms. The summed E-state index contributed by atoms with van der Waals surface area (Å²) in [5.41, 5.74) is 1.88. The van der Waals surface area contributed by atoms with E-state index in [1.807, 2.05) is 18.4 Å². The van der Waals surface area contributed by atoms with Crippen molar-refractivity contribution in [2.75, 3.05) is 11.6 Å². The first kappa shape index (κ1) is 14.1. The Labute approximate surface area is 118 Å². The summed E-state index contributed by atoms with van der Waals surface area (Å²) in [5.74, 6) is 0. The Morgan fingerprint density at radius 1 is 1.21 bits per heavy atom. The third-order valence-electron chi connectivity index (χ3n) is 2.95. The fraction of sp³-hybridized carbons (Fsp3) is 0.286. The summed E-state index contributed by atoms with van der Waals surface area (Å²) in [6.45, 7) is 4.10. The van der Waals surface area contributed by atoms with E-state index in [1.54, 1.807) is 29.5 Å². The molecule has 3 nitrogen and oxygen atoms in total. The van der Waals surface area contributed by atoms with E-state index in [4.69, 9.17) is 0 Å². The predicted octanol–water partition coefficient (Wildman–Crippen LogP) is 3.63. The summed E-state index contributed by atoms with van der Waals surface area (Å²) in [4.78, 5) is 1.57. The maximum absolute atomic E-state index is 11.8. The van der Waals surface area contributed by atoms with Gasteiger partial charge in [-0.05, 0) is 43.0 Å². The van der Waals surface area contributed by atoms with E-state index >= 15 is 0 Å². The molecule has 19 heavy (non-hydrogen) atoms. The largest absolute Gasteiger partial charge is 0.377 e. The Morgan fingerprint density at radius 2 is 1.89 bits per heavy atom. The molecule has 102 valence electrons. The quantitative estimate of drug-likeness (QED) is 0.937. The molecule has 0 amide bonds. The molecule has 0 aliphatic carbocycles. The second-order valence-electron chi connectivity index (χ2n) is 4.60. The Kier molecular flexibility index (Phi) is 3.96. The van der Waals surface area contributed by atoms with Crippen LogP contribution in [0, 0.1) is 6.92 Å². The van der Waals surface area contributed by atoms with Crippen molar-refractivity contribution in [1.29, 1.82) is 0 Å². The lowest BCUT2D eigenvalue weighted by Crippen LogP contribution is -2.10. The molecule has 1 atom stereocenters. The van der Waals surface area contributed by atoms with Gasteiger partial charge < -0.3 is 5.32 Å². The van der Waals surface area contributed by atoms with Crippen molar-refractivity contribution in [3.05, 3.63) is 46.2 Å². The number of sulfone groups is 1. The first-order valence-corrected chi connectivity index (χ1v) is 8.76. The van der Waals surface area contributed by atoms with Gasteiger partial charge in [0.05, 0.1) is 16.6 Å². The van der Waals surface area contributed by atoms with Gasteiger partial charge in [-0.1, -0.05) is 12.1 Å². The van der Waals surface area contributed by atoms with Gasteiger partial charge in [-0.2, -0.15) is 0 Å². The van der Waals surface area contributed by atoms with Crippen LogP contribution in [0.4, 0.5) is 5.69 Å². The van der Waals surface area contributed by atoms with Crippen LogP contribution < -0.4 is 5.32 Å². The third-order valence-corrected chi connectivity index (χ3v) is 5.31. The molecule has 0 aliphatic rings. The lowest BCUT2D eigenvalue weighted by atomic mass is 10.2. The van der Waals surface area contributed by atoms with Gasteiger partial charge in [-0.15, -0.1) is 11.3 Å². The number of thiophene rings is 1. The number of hydrogen-bond acceptors (Lipinski definition) is 4. The molecular weight excluding hydrogens is 278 g/mol. The van der Waals surface area contributed by atoms with Gasteiger partial charge >= 0.3 is 0 Å². The normalized spacial score (nSPS) is 13.2. The first-order chi connectivity index (χ1) is 8.89. The molecule has 2 aromatic rings. The number of benzene rings is 1. The summed E-state index contributed by atoms with van der Waals surface area (Å²) in [6, 6.07) is 9.17. The molecular formula is C14H17NO2S2. The van der Waals surface area contributed by atoms with Crippen molar-refractivity contribution in [2.45, 2.75) is 24.8 Å². The van der Waals surface area contributed by atoms with E-state index in [1.165, 1.54) is 16.7 Å². The van der Waals surface area contributed by atoms with Crippen LogP contribution in [-0.4, -0.2) is 14.7 Å². The van der Waals surface area contributed by atoms with Crippen molar-refractivity contribution in [3.63, 3.8) is 0 Å². The highest BCUT2D eigenvalue weighted by molar-refractivity contribution is 7.90. The molecule has 1 unspecified atom stereocenters. The first-order valence-electron chi connectivity index (χ1n) is 5.99. The minimum absolute atomic E-state index is 0.0860. The van der Waals surface area contributed by atoms with Gasteiger partial charge in [0.25, 0.3) is 0 Å². The topological polar surface area (TPSA) is 46.2 Å². The summed E-state index contributed by atoms with van der Waals surface area (Å²) in [7, 11) is -3.22. The van der Waals surface area contributed by atoms with Gasteiger partial charge in [0.2, 0.25) is 0 Å². The van der Waals surface area contributed by atoms with E-state index < -0.39 is 9.84 Å². The number of para-hydroxylation sites is 1. The number of nitrogens with one attached hydrogen (secondary N) is 1. The zero-order valence-corrected chi connectivity index (χ0v) is 12.8. The fourth-order valence-electron chi connectivity index (χ4n) is 2.04. The molecule has 0 fully saturated rings. The van der Waals surface area contributed by atoms with Crippen LogP contribution in [0.1, 0.15) is 23.4 Å². The molecule has 0 aliphatic heterocycles. The van der Waals surface area contributed by atoms with Crippen molar-refractivity contribution in [1.82, 2.24) is 0 Å². The molecule has 1 N–H and O–H groups in total. The lowest BCUT2D eigenvalue weighted by Gasteiger charge is -2.17. The van der Waals surface area contributed by atoms with E-state index in [2.05, 4.69) is 18.3 Å². The van der Waals surface area contributed by atoms with Gasteiger partial charge in [0.1, 0.15) is 0 Å². The average Bonchev–Trinajstić information content (AvgIpc) is 2.75. The van der Waals surface area contributed by atoms with Crippen LogP contribution in [-0.2, 0) is 9.84 Å². The molecule has 0 saturated heterocycles. The Hall–Kier alpha value is -1.33. The zero-order chi connectivity index (χ0) is 14.0. The van der Waals surface area contributed by atoms with E-state index in [-0.39, 0.29) is 6.04 Å². The van der Waals surface area contributed by atoms with E-state index in [0.717, 1.165) is 0 Å². The van der Waals surface area contributed by atoms with Crippen LogP contribution in [0.2, 0.25) is 0 Å². The van der Waals surface area contributed by atoms with Crippen molar-refractivity contribution < 1.29 is 8.42 Å². The Balaban J connectivity index is 2.32. The van der Waals surface area contributed by atoms with Crippen molar-refractivity contribution in [2.24, 2.45) is 0 Å². The maximum Gasteiger partial charge on any atom is 0.177 e. The summed E-state index contributed by atoms with van der Waals surface area (Å²) < 4.78 is 23.5. The highest BCUT2D eigenvalue weighted by Crippen LogP contribution is 2.29. The van der Waals surface area contributed by atoms with E-state index in [0.29, 0.717) is 10.6 Å². The molecule has 1 aromatic carbocycles. The monoisotopic (exact) mass is 295 g/mol.